The van der Waals surface area contributed by atoms with Crippen LogP contribution in [0.1, 0.15) is 16.1 Å². The quantitative estimate of drug-likeness (QED) is 0.732. The normalized spacial score (nSPS) is 10.4. The highest BCUT2D eigenvalue weighted by atomic mass is 35.5. The molecule has 0 aliphatic carbocycles. The van der Waals surface area contributed by atoms with Gasteiger partial charge in [-0.1, -0.05) is 41.9 Å². The summed E-state index contributed by atoms with van der Waals surface area (Å²) in [6.45, 7) is 0.611. The van der Waals surface area contributed by atoms with Crippen molar-refractivity contribution in [3.63, 3.8) is 0 Å². The lowest BCUT2D eigenvalue weighted by Gasteiger charge is -2.17. The number of nitrogens with zero attached hydrogens (tertiary/aromatic N) is 3. The van der Waals surface area contributed by atoms with Crippen molar-refractivity contribution < 1.29 is 9.18 Å². The van der Waals surface area contributed by atoms with Crippen molar-refractivity contribution in [2.45, 2.75) is 6.54 Å². The molecule has 0 aliphatic heterocycles. The Kier molecular flexibility index (Phi) is 5.43. The summed E-state index contributed by atoms with van der Waals surface area (Å²) in [4.78, 5) is 22.8. The van der Waals surface area contributed by atoms with E-state index < -0.39 is 11.7 Å². The van der Waals surface area contributed by atoms with Gasteiger partial charge in [0.05, 0.1) is 5.02 Å². The maximum Gasteiger partial charge on any atom is 0.274 e. The van der Waals surface area contributed by atoms with Gasteiger partial charge < -0.3 is 10.2 Å². The van der Waals surface area contributed by atoms with E-state index in [0.29, 0.717) is 18.2 Å². The Morgan fingerprint density at radius 3 is 2.69 bits per heavy atom. The second-order valence-corrected chi connectivity index (χ2v) is 6.07. The van der Waals surface area contributed by atoms with Crippen molar-refractivity contribution >= 4 is 29.1 Å². The van der Waals surface area contributed by atoms with E-state index >= 15 is 0 Å². The van der Waals surface area contributed by atoms with Crippen LogP contribution in [0.5, 0.6) is 0 Å². The SMILES string of the molecule is CN(Cc1ccccc1)c1nccc(C(=O)Nc2ccc(F)c(Cl)c2)n1. The van der Waals surface area contributed by atoms with Crippen LogP contribution < -0.4 is 10.2 Å². The average molecular weight is 371 g/mol. The van der Waals surface area contributed by atoms with Crippen molar-refractivity contribution in [2.75, 3.05) is 17.3 Å². The monoisotopic (exact) mass is 370 g/mol. The summed E-state index contributed by atoms with van der Waals surface area (Å²) >= 11 is 5.73. The zero-order valence-corrected chi connectivity index (χ0v) is 14.7. The van der Waals surface area contributed by atoms with Crippen LogP contribution in [0.3, 0.4) is 0 Å². The summed E-state index contributed by atoms with van der Waals surface area (Å²) in [6.07, 6.45) is 1.52. The molecule has 5 nitrogen and oxygen atoms in total. The van der Waals surface area contributed by atoms with E-state index in [-0.39, 0.29) is 10.7 Å². The number of carbonyl (C=O) groups excluding carboxylic acids is 1. The Hall–Kier alpha value is -2.99. The van der Waals surface area contributed by atoms with Crippen LogP contribution in [-0.2, 0) is 6.54 Å². The van der Waals surface area contributed by atoms with Gasteiger partial charge in [0.25, 0.3) is 5.91 Å². The van der Waals surface area contributed by atoms with E-state index in [1.807, 2.05) is 42.3 Å². The molecular weight excluding hydrogens is 355 g/mol. The van der Waals surface area contributed by atoms with Gasteiger partial charge in [0.2, 0.25) is 5.95 Å². The van der Waals surface area contributed by atoms with E-state index in [1.165, 1.54) is 30.5 Å². The van der Waals surface area contributed by atoms with Crippen molar-refractivity contribution in [1.82, 2.24) is 9.97 Å². The molecule has 7 heteroatoms. The minimum Gasteiger partial charge on any atom is -0.340 e. The lowest BCUT2D eigenvalue weighted by Crippen LogP contribution is -2.21. The fourth-order valence-corrected chi connectivity index (χ4v) is 2.54. The molecule has 0 fully saturated rings. The second kappa shape index (κ2) is 7.93. The van der Waals surface area contributed by atoms with Crippen LogP contribution in [0.15, 0.2) is 60.8 Å². The second-order valence-electron chi connectivity index (χ2n) is 5.67. The van der Waals surface area contributed by atoms with Gasteiger partial charge in [-0.15, -0.1) is 0 Å². The van der Waals surface area contributed by atoms with Crippen LogP contribution in [0.4, 0.5) is 16.0 Å². The molecule has 0 aliphatic rings. The predicted molar refractivity (Wildman–Crippen MR) is 99.9 cm³/mol. The van der Waals surface area contributed by atoms with Gasteiger partial charge in [0, 0.05) is 25.5 Å². The first-order valence-electron chi connectivity index (χ1n) is 7.87. The molecule has 0 spiro atoms. The smallest absolute Gasteiger partial charge is 0.274 e. The van der Waals surface area contributed by atoms with Crippen LogP contribution in [-0.4, -0.2) is 22.9 Å². The maximum atomic E-state index is 13.2. The summed E-state index contributed by atoms with van der Waals surface area (Å²) in [5.41, 5.74) is 1.70. The van der Waals surface area contributed by atoms with Crippen LogP contribution in [0.25, 0.3) is 0 Å². The first kappa shape index (κ1) is 17.8. The molecule has 26 heavy (non-hydrogen) atoms. The Labute approximate surface area is 155 Å². The van der Waals surface area contributed by atoms with Gasteiger partial charge in [0.15, 0.2) is 0 Å². The van der Waals surface area contributed by atoms with Crippen LogP contribution in [0.2, 0.25) is 5.02 Å². The van der Waals surface area contributed by atoms with Crippen LogP contribution in [0, 0.1) is 5.82 Å². The third kappa shape index (κ3) is 4.34. The van der Waals surface area contributed by atoms with Crippen molar-refractivity contribution in [1.29, 1.82) is 0 Å². The van der Waals surface area contributed by atoms with E-state index in [0.717, 1.165) is 5.56 Å². The number of benzene rings is 2. The highest BCUT2D eigenvalue weighted by molar-refractivity contribution is 6.31. The number of nitrogens with one attached hydrogen (secondary N) is 1. The number of amides is 1. The molecule has 3 aromatic rings. The zero-order valence-electron chi connectivity index (χ0n) is 14.0. The molecule has 132 valence electrons. The lowest BCUT2D eigenvalue weighted by atomic mass is 10.2. The minimum absolute atomic E-state index is 0.0613. The molecule has 0 saturated carbocycles. The summed E-state index contributed by atoms with van der Waals surface area (Å²) in [6, 6.07) is 15.4. The standard InChI is InChI=1S/C19H16ClFN4O/c1-25(12-13-5-3-2-4-6-13)19-22-10-9-17(24-19)18(26)23-14-7-8-16(21)15(20)11-14/h2-11H,12H2,1H3,(H,23,26). The summed E-state index contributed by atoms with van der Waals surface area (Å²) in [5.74, 6) is -0.542. The van der Waals surface area contributed by atoms with E-state index in [1.54, 1.807) is 0 Å². The summed E-state index contributed by atoms with van der Waals surface area (Å²) in [7, 11) is 1.85. The average Bonchev–Trinajstić information content (AvgIpc) is 2.65. The summed E-state index contributed by atoms with van der Waals surface area (Å²) in [5, 5.41) is 2.58. The Bertz CT molecular complexity index is 920. The van der Waals surface area contributed by atoms with Gasteiger partial charge in [0.1, 0.15) is 11.5 Å². The number of hydrogen-bond acceptors (Lipinski definition) is 4. The van der Waals surface area contributed by atoms with E-state index in [4.69, 9.17) is 11.6 Å². The molecule has 3 rings (SSSR count). The van der Waals surface area contributed by atoms with Gasteiger partial charge in [-0.25, -0.2) is 14.4 Å². The first-order valence-corrected chi connectivity index (χ1v) is 8.25. The molecule has 1 heterocycles. The molecule has 0 saturated heterocycles. The van der Waals surface area contributed by atoms with Gasteiger partial charge >= 0.3 is 0 Å². The number of hydrogen-bond donors (Lipinski definition) is 1. The molecule has 0 atom stereocenters. The van der Waals surface area contributed by atoms with Crippen molar-refractivity contribution in [2.24, 2.45) is 0 Å². The Morgan fingerprint density at radius 2 is 1.96 bits per heavy atom. The molecule has 1 amide bonds. The first-order chi connectivity index (χ1) is 12.5. The van der Waals surface area contributed by atoms with Crippen molar-refractivity contribution in [3.05, 3.63) is 82.9 Å². The largest absolute Gasteiger partial charge is 0.340 e. The molecule has 0 radical (unpaired) electrons. The molecule has 0 bridgehead atoms. The lowest BCUT2D eigenvalue weighted by molar-refractivity contribution is 0.102. The fraction of sp³-hybridized carbons (Fsp3) is 0.105. The molecule has 0 unspecified atom stereocenters. The number of carbonyl (C=O) groups is 1. The summed E-state index contributed by atoms with van der Waals surface area (Å²) < 4.78 is 13.2. The van der Waals surface area contributed by atoms with E-state index in [9.17, 15) is 9.18 Å². The highest BCUT2D eigenvalue weighted by Gasteiger charge is 2.12. The predicted octanol–water partition coefficient (Wildman–Crippen LogP) is 4.16. The van der Waals surface area contributed by atoms with Gasteiger partial charge in [-0.2, -0.15) is 0 Å². The van der Waals surface area contributed by atoms with Gasteiger partial charge in [-0.3, -0.25) is 4.79 Å². The molecule has 1 N–H and O–H groups in total. The van der Waals surface area contributed by atoms with Crippen molar-refractivity contribution in [3.8, 4) is 0 Å². The van der Waals surface area contributed by atoms with Gasteiger partial charge in [-0.05, 0) is 29.8 Å². The Morgan fingerprint density at radius 1 is 1.19 bits per heavy atom. The van der Waals surface area contributed by atoms with Crippen LogP contribution >= 0.6 is 11.6 Å². The maximum absolute atomic E-state index is 13.2. The molecule has 2 aromatic carbocycles. The molecule has 1 aromatic heterocycles. The minimum atomic E-state index is -0.545. The third-order valence-electron chi connectivity index (χ3n) is 3.66. The fourth-order valence-electron chi connectivity index (χ4n) is 2.36. The number of anilines is 2. The topological polar surface area (TPSA) is 58.1 Å². The highest BCUT2D eigenvalue weighted by Crippen LogP contribution is 2.20. The number of aromatic nitrogens is 2. The zero-order chi connectivity index (χ0) is 18.5. The third-order valence-corrected chi connectivity index (χ3v) is 3.95. The number of rotatable bonds is 5. The van der Waals surface area contributed by atoms with E-state index in [2.05, 4.69) is 15.3 Å². The Balaban J connectivity index is 1.73. The molecular formula is C19H16ClFN4O. The number of halogens is 2.